The van der Waals surface area contributed by atoms with E-state index in [9.17, 15) is 4.79 Å². The molecule has 17 heavy (non-hydrogen) atoms. The molecule has 0 spiro atoms. The van der Waals surface area contributed by atoms with Gasteiger partial charge in [0.25, 0.3) is 0 Å². The molecule has 1 atom stereocenters. The van der Waals surface area contributed by atoms with Crippen molar-refractivity contribution < 1.29 is 14.3 Å². The second-order valence-corrected chi connectivity index (χ2v) is 3.91. The number of esters is 1. The molecule has 0 bridgehead atoms. The molecule has 0 N–H and O–H groups in total. The molecule has 94 valence electrons. The van der Waals surface area contributed by atoms with E-state index in [2.05, 4.69) is 0 Å². The van der Waals surface area contributed by atoms with Crippen molar-refractivity contribution in [2.45, 2.75) is 26.7 Å². The molecule has 0 radical (unpaired) electrons. The van der Waals surface area contributed by atoms with E-state index in [1.807, 2.05) is 38.1 Å². The molecule has 0 aromatic heterocycles. The summed E-state index contributed by atoms with van der Waals surface area (Å²) < 4.78 is 10.2. The molecule has 0 amide bonds. The van der Waals surface area contributed by atoms with Crippen LogP contribution in [0.3, 0.4) is 0 Å². The second-order valence-electron chi connectivity index (χ2n) is 3.91. The summed E-state index contributed by atoms with van der Waals surface area (Å²) in [5.74, 6) is 0.640. The van der Waals surface area contributed by atoms with Crippen LogP contribution in [0.2, 0.25) is 0 Å². The van der Waals surface area contributed by atoms with Crippen LogP contribution < -0.4 is 4.74 Å². The van der Waals surface area contributed by atoms with Crippen LogP contribution >= 0.6 is 0 Å². The van der Waals surface area contributed by atoms with Crippen molar-refractivity contribution in [1.29, 1.82) is 0 Å². The van der Waals surface area contributed by atoms with Crippen LogP contribution in [0, 0.1) is 5.92 Å². The van der Waals surface area contributed by atoms with Gasteiger partial charge < -0.3 is 9.47 Å². The highest BCUT2D eigenvalue weighted by Crippen LogP contribution is 2.18. The summed E-state index contributed by atoms with van der Waals surface area (Å²) in [7, 11) is 1.64. The van der Waals surface area contributed by atoms with Crippen LogP contribution in [0.1, 0.15) is 25.8 Å². The first-order valence-corrected chi connectivity index (χ1v) is 6.00. The maximum absolute atomic E-state index is 11.7. The van der Waals surface area contributed by atoms with Crippen molar-refractivity contribution in [2.75, 3.05) is 13.7 Å². The van der Waals surface area contributed by atoms with Crippen LogP contribution in [0.15, 0.2) is 24.3 Å². The van der Waals surface area contributed by atoms with E-state index < -0.39 is 0 Å². The summed E-state index contributed by atoms with van der Waals surface area (Å²) in [4.78, 5) is 11.7. The van der Waals surface area contributed by atoms with Gasteiger partial charge in [0.15, 0.2) is 0 Å². The average Bonchev–Trinajstić information content (AvgIpc) is 2.36. The Morgan fingerprint density at radius 3 is 2.71 bits per heavy atom. The molecule has 0 saturated carbocycles. The second kappa shape index (κ2) is 6.94. The molecule has 0 aliphatic heterocycles. The summed E-state index contributed by atoms with van der Waals surface area (Å²) in [6.45, 7) is 4.27. The van der Waals surface area contributed by atoms with Gasteiger partial charge in [0.1, 0.15) is 5.75 Å². The topological polar surface area (TPSA) is 35.5 Å². The number of carbonyl (C=O) groups is 1. The van der Waals surface area contributed by atoms with Crippen molar-refractivity contribution in [3.8, 4) is 5.75 Å². The van der Waals surface area contributed by atoms with Gasteiger partial charge in [-0.1, -0.05) is 19.1 Å². The Morgan fingerprint density at radius 1 is 1.35 bits per heavy atom. The molecule has 1 aromatic rings. The van der Waals surface area contributed by atoms with Gasteiger partial charge in [-0.05, 0) is 37.5 Å². The van der Waals surface area contributed by atoms with Crippen molar-refractivity contribution >= 4 is 5.97 Å². The highest BCUT2D eigenvalue weighted by molar-refractivity contribution is 5.72. The van der Waals surface area contributed by atoms with Crippen LogP contribution in [-0.2, 0) is 16.0 Å². The molecular formula is C14H20O3. The number of hydrogen-bond acceptors (Lipinski definition) is 3. The fourth-order valence-electron chi connectivity index (χ4n) is 1.74. The molecule has 1 rings (SSSR count). The number of rotatable bonds is 6. The summed E-state index contributed by atoms with van der Waals surface area (Å²) >= 11 is 0. The van der Waals surface area contributed by atoms with Gasteiger partial charge in [0.05, 0.1) is 19.6 Å². The average molecular weight is 236 g/mol. The molecular weight excluding hydrogens is 216 g/mol. The lowest BCUT2D eigenvalue weighted by molar-refractivity contribution is -0.148. The first-order chi connectivity index (χ1) is 8.21. The molecule has 1 aromatic carbocycles. The standard InChI is InChI=1S/C14H20O3/c1-4-12(14(15)17-5-2)9-11-7-6-8-13(10-11)16-3/h6-8,10,12H,4-5,9H2,1-3H3. The van der Waals surface area contributed by atoms with Gasteiger partial charge >= 0.3 is 5.97 Å². The minimum Gasteiger partial charge on any atom is -0.497 e. The minimum absolute atomic E-state index is 0.0675. The zero-order valence-electron chi connectivity index (χ0n) is 10.7. The quantitative estimate of drug-likeness (QED) is 0.712. The summed E-state index contributed by atoms with van der Waals surface area (Å²) in [6.07, 6.45) is 1.49. The predicted octanol–water partition coefficient (Wildman–Crippen LogP) is 2.83. The molecule has 0 fully saturated rings. The van der Waals surface area contributed by atoms with Crippen molar-refractivity contribution in [3.63, 3.8) is 0 Å². The Hall–Kier alpha value is -1.51. The third kappa shape index (κ3) is 4.10. The first-order valence-electron chi connectivity index (χ1n) is 6.00. The van der Waals surface area contributed by atoms with Gasteiger partial charge in [-0.2, -0.15) is 0 Å². The zero-order valence-corrected chi connectivity index (χ0v) is 10.7. The van der Waals surface area contributed by atoms with Gasteiger partial charge in [-0.25, -0.2) is 0 Å². The van der Waals surface area contributed by atoms with Crippen molar-refractivity contribution in [1.82, 2.24) is 0 Å². The smallest absolute Gasteiger partial charge is 0.309 e. The van der Waals surface area contributed by atoms with E-state index in [0.29, 0.717) is 13.0 Å². The molecule has 0 aliphatic carbocycles. The van der Waals surface area contributed by atoms with Gasteiger partial charge in [0, 0.05) is 0 Å². The minimum atomic E-state index is -0.113. The maximum Gasteiger partial charge on any atom is 0.309 e. The number of carbonyl (C=O) groups excluding carboxylic acids is 1. The number of benzene rings is 1. The number of hydrogen-bond donors (Lipinski definition) is 0. The number of methoxy groups -OCH3 is 1. The van der Waals surface area contributed by atoms with E-state index >= 15 is 0 Å². The van der Waals surface area contributed by atoms with E-state index in [0.717, 1.165) is 17.7 Å². The molecule has 0 saturated heterocycles. The first kappa shape index (κ1) is 13.6. The zero-order chi connectivity index (χ0) is 12.7. The Balaban J connectivity index is 2.69. The maximum atomic E-state index is 11.7. The summed E-state index contributed by atoms with van der Waals surface area (Å²) in [6, 6.07) is 7.80. The highest BCUT2D eigenvalue weighted by Gasteiger charge is 2.18. The fourth-order valence-corrected chi connectivity index (χ4v) is 1.74. The van der Waals surface area contributed by atoms with E-state index in [-0.39, 0.29) is 11.9 Å². The molecule has 0 heterocycles. The lowest BCUT2D eigenvalue weighted by Gasteiger charge is -2.13. The van der Waals surface area contributed by atoms with Gasteiger partial charge in [-0.15, -0.1) is 0 Å². The third-order valence-corrected chi connectivity index (χ3v) is 2.73. The van der Waals surface area contributed by atoms with Gasteiger partial charge in [0.2, 0.25) is 0 Å². The molecule has 1 unspecified atom stereocenters. The normalized spacial score (nSPS) is 11.9. The Labute approximate surface area is 103 Å². The fraction of sp³-hybridized carbons (Fsp3) is 0.500. The van der Waals surface area contributed by atoms with E-state index in [1.54, 1.807) is 7.11 Å². The van der Waals surface area contributed by atoms with E-state index in [4.69, 9.17) is 9.47 Å². The molecule has 0 aliphatic rings. The van der Waals surface area contributed by atoms with Crippen LogP contribution in [0.25, 0.3) is 0 Å². The van der Waals surface area contributed by atoms with Crippen LogP contribution in [0.4, 0.5) is 0 Å². The lowest BCUT2D eigenvalue weighted by atomic mass is 9.97. The lowest BCUT2D eigenvalue weighted by Crippen LogP contribution is -2.19. The van der Waals surface area contributed by atoms with Crippen molar-refractivity contribution in [3.05, 3.63) is 29.8 Å². The Morgan fingerprint density at radius 2 is 2.12 bits per heavy atom. The largest absolute Gasteiger partial charge is 0.497 e. The van der Waals surface area contributed by atoms with E-state index in [1.165, 1.54) is 0 Å². The van der Waals surface area contributed by atoms with Crippen molar-refractivity contribution in [2.24, 2.45) is 5.92 Å². The molecule has 3 heteroatoms. The SMILES string of the molecule is CCOC(=O)C(CC)Cc1cccc(OC)c1. The number of ether oxygens (including phenoxy) is 2. The summed E-state index contributed by atoms with van der Waals surface area (Å²) in [5.41, 5.74) is 1.10. The Kier molecular flexibility index (Phi) is 5.53. The van der Waals surface area contributed by atoms with Gasteiger partial charge in [-0.3, -0.25) is 4.79 Å². The Bertz CT molecular complexity index is 360. The van der Waals surface area contributed by atoms with Crippen LogP contribution in [-0.4, -0.2) is 19.7 Å². The highest BCUT2D eigenvalue weighted by atomic mass is 16.5. The third-order valence-electron chi connectivity index (χ3n) is 2.73. The predicted molar refractivity (Wildman–Crippen MR) is 67.1 cm³/mol. The monoisotopic (exact) mass is 236 g/mol. The molecule has 3 nitrogen and oxygen atoms in total. The van der Waals surface area contributed by atoms with Crippen LogP contribution in [0.5, 0.6) is 5.75 Å². The summed E-state index contributed by atoms with van der Waals surface area (Å²) in [5, 5.41) is 0.